The fourth-order valence-electron chi connectivity index (χ4n) is 2.41. The largest absolute Gasteiger partial charge is 0.494 e. The molecule has 2 atom stereocenters. The smallest absolute Gasteiger partial charge is 0.315 e. The van der Waals surface area contributed by atoms with Gasteiger partial charge in [0.1, 0.15) is 6.04 Å². The molecule has 0 aliphatic carbocycles. The number of alkyl halides is 3. The van der Waals surface area contributed by atoms with Gasteiger partial charge in [0.05, 0.1) is 13.2 Å². The molecule has 1 fully saturated rings. The van der Waals surface area contributed by atoms with E-state index in [0.717, 1.165) is 18.9 Å². The standard InChI is InChI=1S/C15H18Cl3FN2O3/c1-23-12-5-4-9(7-11(12)19)13(15(16,17)18)21-14(22)20-8-10-3-2-6-24-10/h4-5,7,10,13H,2-3,6,8H2,1H3,(H2,20,21,22)/t10-,13-/m1/s1. The first-order chi connectivity index (χ1) is 11.3. The Morgan fingerprint density at radius 2 is 2.25 bits per heavy atom. The summed E-state index contributed by atoms with van der Waals surface area (Å²) in [6.45, 7) is 1.05. The second-order valence-corrected chi connectivity index (χ2v) is 7.73. The molecule has 0 unspecified atom stereocenters. The molecule has 0 spiro atoms. The third-order valence-corrected chi connectivity index (χ3v) is 4.28. The maximum absolute atomic E-state index is 13.9. The molecule has 1 aliphatic rings. The van der Waals surface area contributed by atoms with Gasteiger partial charge >= 0.3 is 6.03 Å². The number of carbonyl (C=O) groups excluding carboxylic acids is 1. The lowest BCUT2D eigenvalue weighted by Gasteiger charge is -2.26. The minimum atomic E-state index is -1.86. The number of urea groups is 1. The maximum atomic E-state index is 13.9. The van der Waals surface area contributed by atoms with Crippen LogP contribution in [-0.2, 0) is 4.74 Å². The van der Waals surface area contributed by atoms with Gasteiger partial charge in [-0.2, -0.15) is 0 Å². The zero-order valence-electron chi connectivity index (χ0n) is 13.0. The summed E-state index contributed by atoms with van der Waals surface area (Å²) in [5, 5.41) is 5.22. The van der Waals surface area contributed by atoms with E-state index in [4.69, 9.17) is 44.3 Å². The topological polar surface area (TPSA) is 59.6 Å². The third kappa shape index (κ3) is 5.28. The van der Waals surface area contributed by atoms with Gasteiger partial charge in [-0.15, -0.1) is 0 Å². The molecule has 2 rings (SSSR count). The fraction of sp³-hybridized carbons (Fsp3) is 0.533. The molecule has 1 aromatic rings. The summed E-state index contributed by atoms with van der Waals surface area (Å²) in [6.07, 6.45) is 1.84. The Morgan fingerprint density at radius 1 is 1.50 bits per heavy atom. The van der Waals surface area contributed by atoms with Crippen LogP contribution in [-0.4, -0.2) is 36.2 Å². The monoisotopic (exact) mass is 398 g/mol. The Hall–Kier alpha value is -0.950. The summed E-state index contributed by atoms with van der Waals surface area (Å²) < 4.78 is 22.3. The number of methoxy groups -OCH3 is 1. The van der Waals surface area contributed by atoms with Crippen molar-refractivity contribution >= 4 is 40.8 Å². The molecule has 2 N–H and O–H groups in total. The summed E-state index contributed by atoms with van der Waals surface area (Å²) in [7, 11) is 1.35. The van der Waals surface area contributed by atoms with E-state index >= 15 is 0 Å². The van der Waals surface area contributed by atoms with Crippen molar-refractivity contribution in [3.8, 4) is 5.75 Å². The second kappa shape index (κ2) is 8.43. The van der Waals surface area contributed by atoms with Crippen LogP contribution in [0.15, 0.2) is 18.2 Å². The third-order valence-electron chi connectivity index (χ3n) is 3.63. The number of rotatable bonds is 5. The van der Waals surface area contributed by atoms with E-state index in [1.807, 2.05) is 0 Å². The van der Waals surface area contributed by atoms with Crippen molar-refractivity contribution in [2.24, 2.45) is 0 Å². The molecule has 1 aromatic carbocycles. The van der Waals surface area contributed by atoms with Gasteiger partial charge in [-0.25, -0.2) is 9.18 Å². The van der Waals surface area contributed by atoms with Crippen molar-refractivity contribution in [1.82, 2.24) is 10.6 Å². The summed E-state index contributed by atoms with van der Waals surface area (Å²) in [5.41, 5.74) is 0.306. The number of halogens is 4. The molecular weight excluding hydrogens is 382 g/mol. The lowest BCUT2D eigenvalue weighted by molar-refractivity contribution is 0.111. The van der Waals surface area contributed by atoms with Gasteiger partial charge in [0.15, 0.2) is 11.6 Å². The predicted molar refractivity (Wildman–Crippen MR) is 91.5 cm³/mol. The summed E-state index contributed by atoms with van der Waals surface area (Å²) in [4.78, 5) is 12.1. The first kappa shape index (κ1) is 19.4. The van der Waals surface area contributed by atoms with Gasteiger partial charge < -0.3 is 20.1 Å². The van der Waals surface area contributed by atoms with Crippen molar-refractivity contribution in [3.05, 3.63) is 29.6 Å². The van der Waals surface area contributed by atoms with E-state index < -0.39 is 21.7 Å². The fourth-order valence-corrected chi connectivity index (χ4v) is 2.95. The van der Waals surface area contributed by atoms with Gasteiger partial charge in [-0.05, 0) is 30.5 Å². The molecule has 9 heteroatoms. The van der Waals surface area contributed by atoms with Crippen molar-refractivity contribution in [1.29, 1.82) is 0 Å². The van der Waals surface area contributed by atoms with Gasteiger partial charge in [0, 0.05) is 13.2 Å². The van der Waals surface area contributed by atoms with Crippen molar-refractivity contribution in [2.45, 2.75) is 28.8 Å². The molecule has 1 heterocycles. The zero-order valence-corrected chi connectivity index (χ0v) is 15.2. The molecule has 134 valence electrons. The van der Waals surface area contributed by atoms with Crippen LogP contribution in [0.5, 0.6) is 5.75 Å². The van der Waals surface area contributed by atoms with Gasteiger partial charge in [0.2, 0.25) is 3.79 Å². The van der Waals surface area contributed by atoms with Crippen LogP contribution in [0.4, 0.5) is 9.18 Å². The first-order valence-corrected chi connectivity index (χ1v) is 8.50. The van der Waals surface area contributed by atoms with E-state index in [-0.39, 0.29) is 11.9 Å². The van der Waals surface area contributed by atoms with Crippen LogP contribution < -0.4 is 15.4 Å². The molecular formula is C15H18Cl3FN2O3. The van der Waals surface area contributed by atoms with Gasteiger partial charge in [-0.3, -0.25) is 0 Å². The van der Waals surface area contributed by atoms with E-state index in [9.17, 15) is 9.18 Å². The van der Waals surface area contributed by atoms with Crippen molar-refractivity contribution in [2.75, 3.05) is 20.3 Å². The highest BCUT2D eigenvalue weighted by Crippen LogP contribution is 2.40. The molecule has 1 aliphatic heterocycles. The highest BCUT2D eigenvalue weighted by atomic mass is 35.6. The van der Waals surface area contributed by atoms with E-state index in [2.05, 4.69) is 10.6 Å². The second-order valence-electron chi connectivity index (χ2n) is 5.36. The molecule has 0 radical (unpaired) electrons. The van der Waals surface area contributed by atoms with Crippen LogP contribution >= 0.6 is 34.8 Å². The average molecular weight is 400 g/mol. The Balaban J connectivity index is 2.05. The number of hydrogen-bond acceptors (Lipinski definition) is 3. The Kier molecular flexibility index (Phi) is 6.80. The van der Waals surface area contributed by atoms with Crippen LogP contribution in [0.25, 0.3) is 0 Å². The quantitative estimate of drug-likeness (QED) is 0.742. The summed E-state index contributed by atoms with van der Waals surface area (Å²) in [5.74, 6) is -0.555. The summed E-state index contributed by atoms with van der Waals surface area (Å²) in [6, 6.07) is 2.52. The minimum Gasteiger partial charge on any atom is -0.494 e. The van der Waals surface area contributed by atoms with Gasteiger partial charge in [0.25, 0.3) is 0 Å². The lowest BCUT2D eigenvalue weighted by Crippen LogP contribution is -2.44. The van der Waals surface area contributed by atoms with Crippen LogP contribution in [0.3, 0.4) is 0 Å². The SMILES string of the molecule is COc1ccc([C@@H](NC(=O)NC[C@H]2CCCO2)C(Cl)(Cl)Cl)cc1F. The number of benzene rings is 1. The van der Waals surface area contributed by atoms with E-state index in [1.165, 1.54) is 19.2 Å². The summed E-state index contributed by atoms with van der Waals surface area (Å²) >= 11 is 17.8. The van der Waals surface area contributed by atoms with Crippen molar-refractivity contribution in [3.63, 3.8) is 0 Å². The highest BCUT2D eigenvalue weighted by molar-refractivity contribution is 6.68. The molecule has 0 bridgehead atoms. The maximum Gasteiger partial charge on any atom is 0.315 e. The van der Waals surface area contributed by atoms with Crippen molar-refractivity contribution < 1.29 is 18.7 Å². The van der Waals surface area contributed by atoms with Crippen LogP contribution in [0, 0.1) is 5.82 Å². The van der Waals surface area contributed by atoms with E-state index in [1.54, 1.807) is 0 Å². The lowest BCUT2D eigenvalue weighted by atomic mass is 10.1. The minimum absolute atomic E-state index is 0.0135. The Morgan fingerprint density at radius 3 is 2.79 bits per heavy atom. The average Bonchev–Trinajstić information content (AvgIpc) is 3.03. The number of hydrogen-bond donors (Lipinski definition) is 2. The zero-order chi connectivity index (χ0) is 17.7. The first-order valence-electron chi connectivity index (χ1n) is 7.37. The van der Waals surface area contributed by atoms with Gasteiger partial charge in [-0.1, -0.05) is 40.9 Å². The normalized spacial score (nSPS) is 19.0. The predicted octanol–water partition coefficient (Wildman–Crippen LogP) is 3.72. The molecule has 5 nitrogen and oxygen atoms in total. The molecule has 1 saturated heterocycles. The van der Waals surface area contributed by atoms with Crippen LogP contribution in [0.1, 0.15) is 24.4 Å². The highest BCUT2D eigenvalue weighted by Gasteiger charge is 2.36. The van der Waals surface area contributed by atoms with Crippen LogP contribution in [0.2, 0.25) is 0 Å². The Bertz CT molecular complexity index is 578. The molecule has 0 saturated carbocycles. The molecule has 0 aromatic heterocycles. The van der Waals surface area contributed by atoms with E-state index in [0.29, 0.717) is 18.7 Å². The number of carbonyl (C=O) groups is 1. The molecule has 24 heavy (non-hydrogen) atoms. The number of ether oxygens (including phenoxy) is 2. The number of amides is 2. The number of nitrogens with one attached hydrogen (secondary N) is 2. The Labute approximate surface area is 154 Å². The molecule has 2 amide bonds.